The van der Waals surface area contributed by atoms with Gasteiger partial charge >= 0.3 is 5.97 Å². The average molecular weight is 181 g/mol. The maximum absolute atomic E-state index is 11.3. The first kappa shape index (κ1) is 9.51. The fourth-order valence-corrected chi connectivity index (χ4v) is 1.04. The Balaban J connectivity index is 2.78. The van der Waals surface area contributed by atoms with E-state index in [2.05, 4.69) is 0 Å². The highest BCUT2D eigenvalue weighted by Gasteiger charge is 2.22. The van der Waals surface area contributed by atoms with E-state index in [1.54, 1.807) is 18.2 Å². The van der Waals surface area contributed by atoms with Crippen LogP contribution >= 0.6 is 0 Å². The molecule has 0 spiro atoms. The summed E-state index contributed by atoms with van der Waals surface area (Å²) in [6.45, 7) is 1.48. The summed E-state index contributed by atoms with van der Waals surface area (Å²) in [4.78, 5) is 23.2. The van der Waals surface area contributed by atoms with Gasteiger partial charge in [-0.15, -0.1) is 0 Å². The lowest BCUT2D eigenvalue weighted by atomic mass is 10.2. The number of carbonyl (C=O) groups excluding carboxylic acids is 1. The number of aliphatic carboxylic acids is 1. The van der Waals surface area contributed by atoms with Crippen LogP contribution in [0.25, 0.3) is 0 Å². The number of amides is 1. The van der Waals surface area contributed by atoms with Crippen molar-refractivity contribution in [1.29, 1.82) is 0 Å². The minimum Gasteiger partial charge on any atom is -0.480 e. The molecule has 1 N–H and O–H groups in total. The molecule has 0 aliphatic carbocycles. The third kappa shape index (κ3) is 2.18. The van der Waals surface area contributed by atoms with Gasteiger partial charge in [0.05, 0.1) is 0 Å². The van der Waals surface area contributed by atoms with Crippen LogP contribution in [0.4, 0.5) is 0 Å². The molecule has 1 unspecified atom stereocenters. The van der Waals surface area contributed by atoms with Gasteiger partial charge < -0.3 is 10.0 Å². The maximum atomic E-state index is 11.3. The lowest BCUT2D eigenvalue weighted by Crippen LogP contribution is -2.38. The van der Waals surface area contributed by atoms with Gasteiger partial charge in [-0.3, -0.25) is 4.79 Å². The number of carbonyl (C=O) groups is 2. The number of carboxylic acid groups (broad SMARTS) is 1. The molecule has 0 saturated heterocycles. The molecule has 0 aromatic rings. The Bertz CT molecular complexity index is 281. The van der Waals surface area contributed by atoms with Crippen molar-refractivity contribution < 1.29 is 14.7 Å². The smallest absolute Gasteiger partial charge is 0.326 e. The van der Waals surface area contributed by atoms with Crippen molar-refractivity contribution >= 4 is 11.9 Å². The van der Waals surface area contributed by atoms with Crippen LogP contribution in [0.1, 0.15) is 13.3 Å². The molecular formula is C9H11NO3. The third-order valence-electron chi connectivity index (χ3n) is 1.85. The molecule has 0 radical (unpaired) electrons. The zero-order valence-corrected chi connectivity index (χ0v) is 7.30. The fourth-order valence-electron chi connectivity index (χ4n) is 1.04. The molecule has 4 heteroatoms. The first-order valence-corrected chi connectivity index (χ1v) is 4.00. The molecule has 1 atom stereocenters. The molecule has 13 heavy (non-hydrogen) atoms. The third-order valence-corrected chi connectivity index (χ3v) is 1.85. The van der Waals surface area contributed by atoms with Gasteiger partial charge in [-0.25, -0.2) is 4.79 Å². The minimum atomic E-state index is -1.00. The van der Waals surface area contributed by atoms with Crippen molar-refractivity contribution in [3.8, 4) is 0 Å². The zero-order valence-electron chi connectivity index (χ0n) is 7.30. The van der Waals surface area contributed by atoms with Gasteiger partial charge in [-0.05, 0) is 13.0 Å². The Morgan fingerprint density at radius 1 is 1.62 bits per heavy atom. The average Bonchev–Trinajstić information content (AvgIpc) is 2.28. The van der Waals surface area contributed by atoms with Crippen LogP contribution < -0.4 is 0 Å². The summed E-state index contributed by atoms with van der Waals surface area (Å²) in [7, 11) is 0. The van der Waals surface area contributed by atoms with Crippen LogP contribution in [0.15, 0.2) is 24.4 Å². The number of rotatable bonds is 2. The zero-order chi connectivity index (χ0) is 9.84. The first-order chi connectivity index (χ1) is 6.13. The number of allylic oxidation sites excluding steroid dienone is 2. The normalized spacial score (nSPS) is 18.5. The van der Waals surface area contributed by atoms with Gasteiger partial charge in [-0.2, -0.15) is 0 Å². The van der Waals surface area contributed by atoms with Crippen molar-refractivity contribution in [3.63, 3.8) is 0 Å². The molecule has 4 nitrogen and oxygen atoms in total. The first-order valence-electron chi connectivity index (χ1n) is 4.00. The second-order valence-corrected chi connectivity index (χ2v) is 2.79. The summed E-state index contributed by atoms with van der Waals surface area (Å²) >= 11 is 0. The van der Waals surface area contributed by atoms with E-state index < -0.39 is 12.0 Å². The van der Waals surface area contributed by atoms with Gasteiger partial charge in [-0.1, -0.05) is 12.2 Å². The molecular weight excluding hydrogens is 170 g/mol. The molecule has 0 aromatic carbocycles. The van der Waals surface area contributed by atoms with Crippen molar-refractivity contribution in [1.82, 2.24) is 4.90 Å². The molecule has 0 bridgehead atoms. The highest BCUT2D eigenvalue weighted by atomic mass is 16.4. The van der Waals surface area contributed by atoms with E-state index in [9.17, 15) is 9.59 Å². The molecule has 1 amide bonds. The topological polar surface area (TPSA) is 57.6 Å². The molecule has 1 heterocycles. The lowest BCUT2D eigenvalue weighted by molar-refractivity contribution is -0.146. The Morgan fingerprint density at radius 2 is 2.31 bits per heavy atom. The standard InChI is InChI=1S/C9H11NO3/c1-7(9(12)13)10-6-4-2-3-5-8(10)11/h2-4,6-7H,5H2,1H3,(H,12,13). The fraction of sp³-hybridized carbons (Fsp3) is 0.333. The summed E-state index contributed by atoms with van der Waals surface area (Å²) in [5.74, 6) is -1.19. The number of hydrogen-bond donors (Lipinski definition) is 1. The van der Waals surface area contributed by atoms with Crippen molar-refractivity contribution in [3.05, 3.63) is 24.4 Å². The van der Waals surface area contributed by atoms with Crippen LogP contribution in [0, 0.1) is 0 Å². The Morgan fingerprint density at radius 3 is 2.92 bits per heavy atom. The van der Waals surface area contributed by atoms with Crippen molar-refractivity contribution in [2.75, 3.05) is 0 Å². The molecule has 0 fully saturated rings. The summed E-state index contributed by atoms with van der Waals surface area (Å²) in [5.41, 5.74) is 0. The summed E-state index contributed by atoms with van der Waals surface area (Å²) in [6.07, 6.45) is 6.83. The van der Waals surface area contributed by atoms with Crippen LogP contribution in [-0.4, -0.2) is 27.9 Å². The van der Waals surface area contributed by atoms with Gasteiger partial charge in [0.1, 0.15) is 6.04 Å². The van der Waals surface area contributed by atoms with E-state index in [4.69, 9.17) is 5.11 Å². The Kier molecular flexibility index (Phi) is 2.84. The second-order valence-electron chi connectivity index (χ2n) is 2.79. The van der Waals surface area contributed by atoms with Gasteiger partial charge in [0, 0.05) is 12.6 Å². The summed E-state index contributed by atoms with van der Waals surface area (Å²) in [5, 5.41) is 8.70. The predicted molar refractivity (Wildman–Crippen MR) is 46.8 cm³/mol. The van der Waals surface area contributed by atoms with E-state index in [1.807, 2.05) is 0 Å². The van der Waals surface area contributed by atoms with Crippen LogP contribution in [0.2, 0.25) is 0 Å². The largest absolute Gasteiger partial charge is 0.480 e. The number of nitrogens with zero attached hydrogens (tertiary/aromatic N) is 1. The molecule has 1 aliphatic heterocycles. The molecule has 1 rings (SSSR count). The molecule has 1 aliphatic rings. The van der Waals surface area contributed by atoms with E-state index in [-0.39, 0.29) is 12.3 Å². The molecule has 70 valence electrons. The van der Waals surface area contributed by atoms with Crippen molar-refractivity contribution in [2.24, 2.45) is 0 Å². The lowest BCUT2D eigenvalue weighted by Gasteiger charge is -2.21. The number of hydrogen-bond acceptors (Lipinski definition) is 2. The summed E-state index contributed by atoms with van der Waals surface area (Å²) in [6, 6.07) is -0.802. The molecule has 0 saturated carbocycles. The predicted octanol–water partition coefficient (Wildman–Crippen LogP) is 0.762. The minimum absolute atomic E-state index is 0.195. The van der Waals surface area contributed by atoms with E-state index in [1.165, 1.54) is 18.0 Å². The van der Waals surface area contributed by atoms with Gasteiger partial charge in [0.25, 0.3) is 0 Å². The monoisotopic (exact) mass is 181 g/mol. The second kappa shape index (κ2) is 3.89. The van der Waals surface area contributed by atoms with Crippen molar-refractivity contribution in [2.45, 2.75) is 19.4 Å². The van der Waals surface area contributed by atoms with Crippen LogP contribution in [-0.2, 0) is 9.59 Å². The SMILES string of the molecule is CC(C(=O)O)N1C=CC=CCC1=O. The molecule has 0 aromatic heterocycles. The quantitative estimate of drug-likeness (QED) is 0.684. The highest BCUT2D eigenvalue weighted by molar-refractivity contribution is 5.85. The van der Waals surface area contributed by atoms with E-state index in [0.29, 0.717) is 0 Å². The van der Waals surface area contributed by atoms with Gasteiger partial charge in [0.2, 0.25) is 5.91 Å². The summed E-state index contributed by atoms with van der Waals surface area (Å²) < 4.78 is 0. The number of carboxylic acids is 1. The van der Waals surface area contributed by atoms with Gasteiger partial charge in [0.15, 0.2) is 0 Å². The van der Waals surface area contributed by atoms with Crippen LogP contribution in [0.5, 0.6) is 0 Å². The Hall–Kier alpha value is -1.58. The van der Waals surface area contributed by atoms with E-state index in [0.717, 1.165) is 0 Å². The van der Waals surface area contributed by atoms with Crippen LogP contribution in [0.3, 0.4) is 0 Å². The maximum Gasteiger partial charge on any atom is 0.326 e. The highest BCUT2D eigenvalue weighted by Crippen LogP contribution is 2.07. The Labute approximate surface area is 76.2 Å². The van der Waals surface area contributed by atoms with E-state index >= 15 is 0 Å².